The van der Waals surface area contributed by atoms with Gasteiger partial charge in [-0.3, -0.25) is 9.59 Å². The predicted molar refractivity (Wildman–Crippen MR) is 94.0 cm³/mol. The van der Waals surface area contributed by atoms with Gasteiger partial charge in [0.05, 0.1) is 0 Å². The van der Waals surface area contributed by atoms with Crippen LogP contribution in [-0.2, 0) is 16.0 Å². The summed E-state index contributed by atoms with van der Waals surface area (Å²) in [5, 5.41) is 0. The van der Waals surface area contributed by atoms with E-state index in [0.29, 0.717) is 50.9 Å². The summed E-state index contributed by atoms with van der Waals surface area (Å²) < 4.78 is 5.88. The molecule has 4 atom stereocenters. The largest absolute Gasteiger partial charge is 0.466 e. The van der Waals surface area contributed by atoms with Gasteiger partial charge in [0, 0.05) is 50.9 Å². The summed E-state index contributed by atoms with van der Waals surface area (Å²) in [6.45, 7) is 7.05. The van der Waals surface area contributed by atoms with Crippen molar-refractivity contribution < 1.29 is 14.0 Å². The Bertz CT molecular complexity index is 660. The minimum Gasteiger partial charge on any atom is -0.466 e. The normalized spacial score (nSPS) is 31.1. The summed E-state index contributed by atoms with van der Waals surface area (Å²) >= 11 is 0. The Kier molecular flexibility index (Phi) is 4.34. The number of carbonyl (C=O) groups is 2. The monoisotopic (exact) mass is 344 g/mol. The van der Waals surface area contributed by atoms with Crippen LogP contribution in [0.2, 0.25) is 0 Å². The zero-order chi connectivity index (χ0) is 17.6. The zero-order valence-corrected chi connectivity index (χ0v) is 15.2. The molecule has 3 fully saturated rings. The lowest BCUT2D eigenvalue weighted by Gasteiger charge is -2.35. The van der Waals surface area contributed by atoms with E-state index in [4.69, 9.17) is 4.42 Å². The van der Waals surface area contributed by atoms with Crippen LogP contribution in [0, 0.1) is 17.8 Å². The average molecular weight is 344 g/mol. The topological polar surface area (TPSA) is 53.8 Å². The Balaban J connectivity index is 1.21. The van der Waals surface area contributed by atoms with Gasteiger partial charge in [-0.2, -0.15) is 0 Å². The number of carbonyl (C=O) groups excluding carboxylic acids is 2. The first-order valence-corrected chi connectivity index (χ1v) is 9.68. The highest BCUT2D eigenvalue weighted by Gasteiger charge is 2.42. The predicted octanol–water partition coefficient (Wildman–Crippen LogP) is 2.66. The Hall–Kier alpha value is -1.78. The molecule has 1 aromatic heterocycles. The van der Waals surface area contributed by atoms with E-state index in [-0.39, 0.29) is 17.7 Å². The summed E-state index contributed by atoms with van der Waals surface area (Å²) in [6.07, 6.45) is 3.40. The number of amides is 2. The van der Waals surface area contributed by atoms with Gasteiger partial charge in [-0.1, -0.05) is 13.8 Å². The highest BCUT2D eigenvalue weighted by Crippen LogP contribution is 2.47. The second kappa shape index (κ2) is 6.50. The molecule has 1 saturated heterocycles. The average Bonchev–Trinajstić information content (AvgIpc) is 3.48. The van der Waals surface area contributed by atoms with Gasteiger partial charge in [-0.25, -0.2) is 0 Å². The molecule has 25 heavy (non-hydrogen) atoms. The number of hydrogen-bond donors (Lipinski definition) is 0. The van der Waals surface area contributed by atoms with Gasteiger partial charge >= 0.3 is 0 Å². The molecule has 5 heteroatoms. The minimum absolute atomic E-state index is 0.171. The molecule has 0 spiro atoms. The summed E-state index contributed by atoms with van der Waals surface area (Å²) in [7, 11) is 0. The van der Waals surface area contributed by atoms with Crippen molar-refractivity contribution in [3.63, 3.8) is 0 Å². The van der Waals surface area contributed by atoms with Crippen molar-refractivity contribution >= 4 is 11.8 Å². The number of hydrogen-bond acceptors (Lipinski definition) is 3. The molecule has 0 N–H and O–H groups in total. The number of nitrogens with zero attached hydrogens (tertiary/aromatic N) is 2. The standard InChI is InChI=1S/C20H28N2O3/c1-13-11-16(13)18-5-3-15(25-18)4-6-19(23)21-7-9-22(10-8-21)20(24)17-12-14(17)2/h3,5,13-14,16-17H,4,6-12H2,1-2H3/t13-,14+,16-,17-/m0/s1. The number of furan rings is 1. The van der Waals surface area contributed by atoms with Crippen LogP contribution in [0.4, 0.5) is 0 Å². The summed E-state index contributed by atoms with van der Waals surface area (Å²) in [6, 6.07) is 4.08. The first-order valence-electron chi connectivity index (χ1n) is 9.68. The molecule has 2 saturated carbocycles. The van der Waals surface area contributed by atoms with Crippen molar-refractivity contribution in [1.29, 1.82) is 0 Å². The maximum Gasteiger partial charge on any atom is 0.226 e. The van der Waals surface area contributed by atoms with E-state index >= 15 is 0 Å². The Labute approximate surface area is 149 Å². The van der Waals surface area contributed by atoms with Gasteiger partial charge in [0.2, 0.25) is 11.8 Å². The Morgan fingerprint density at radius 3 is 2.28 bits per heavy atom. The molecule has 2 amide bonds. The SMILES string of the molecule is C[C@@H]1C[C@@H]1C(=O)N1CCN(C(=O)CCc2ccc([C@H]3C[C@@H]3C)o2)CC1. The molecule has 3 aliphatic rings. The van der Waals surface area contributed by atoms with Gasteiger partial charge < -0.3 is 14.2 Å². The van der Waals surface area contributed by atoms with E-state index in [1.54, 1.807) is 0 Å². The first-order chi connectivity index (χ1) is 12.0. The van der Waals surface area contributed by atoms with Crippen LogP contribution < -0.4 is 0 Å². The third-order valence-corrected chi connectivity index (χ3v) is 6.11. The maximum atomic E-state index is 12.4. The molecule has 4 rings (SSSR count). The molecule has 0 radical (unpaired) electrons. The second-order valence-corrected chi connectivity index (χ2v) is 8.15. The van der Waals surface area contributed by atoms with Crippen LogP contribution in [0.15, 0.2) is 16.5 Å². The van der Waals surface area contributed by atoms with Crippen LogP contribution in [-0.4, -0.2) is 47.8 Å². The van der Waals surface area contributed by atoms with Crippen molar-refractivity contribution in [2.24, 2.45) is 17.8 Å². The second-order valence-electron chi connectivity index (χ2n) is 8.15. The summed E-state index contributed by atoms with van der Waals surface area (Å²) in [5.41, 5.74) is 0. The van der Waals surface area contributed by atoms with E-state index in [0.717, 1.165) is 23.9 Å². The fourth-order valence-corrected chi connectivity index (χ4v) is 3.91. The van der Waals surface area contributed by atoms with E-state index < -0.39 is 0 Å². The smallest absolute Gasteiger partial charge is 0.226 e. The highest BCUT2D eigenvalue weighted by atomic mass is 16.3. The summed E-state index contributed by atoms with van der Waals surface area (Å²) in [5.74, 6) is 4.56. The van der Waals surface area contributed by atoms with Gasteiger partial charge in [-0.15, -0.1) is 0 Å². The van der Waals surface area contributed by atoms with Gasteiger partial charge in [0.25, 0.3) is 0 Å². The molecule has 0 unspecified atom stereocenters. The first kappa shape index (κ1) is 16.7. The van der Waals surface area contributed by atoms with E-state index in [1.165, 1.54) is 6.42 Å². The van der Waals surface area contributed by atoms with E-state index in [1.807, 2.05) is 15.9 Å². The lowest BCUT2D eigenvalue weighted by Crippen LogP contribution is -2.51. The van der Waals surface area contributed by atoms with Crippen LogP contribution in [0.5, 0.6) is 0 Å². The number of piperazine rings is 1. The number of rotatable bonds is 5. The highest BCUT2D eigenvalue weighted by molar-refractivity contribution is 5.82. The Morgan fingerprint density at radius 2 is 1.68 bits per heavy atom. The molecular formula is C20H28N2O3. The fraction of sp³-hybridized carbons (Fsp3) is 0.700. The van der Waals surface area contributed by atoms with Gasteiger partial charge in [-0.05, 0) is 36.8 Å². The molecule has 0 bridgehead atoms. The molecule has 1 aromatic rings. The zero-order valence-electron chi connectivity index (χ0n) is 15.2. The fourth-order valence-electron chi connectivity index (χ4n) is 3.91. The lowest BCUT2D eigenvalue weighted by molar-refractivity contribution is -0.140. The molecule has 2 aliphatic carbocycles. The van der Waals surface area contributed by atoms with Crippen LogP contribution in [0.3, 0.4) is 0 Å². The van der Waals surface area contributed by atoms with Crippen molar-refractivity contribution in [2.75, 3.05) is 26.2 Å². The van der Waals surface area contributed by atoms with Crippen molar-refractivity contribution in [1.82, 2.24) is 9.80 Å². The molecule has 2 heterocycles. The van der Waals surface area contributed by atoms with E-state index in [2.05, 4.69) is 19.9 Å². The van der Waals surface area contributed by atoms with Gasteiger partial charge in [0.1, 0.15) is 11.5 Å². The molecule has 0 aromatic carbocycles. The molecule has 5 nitrogen and oxygen atoms in total. The van der Waals surface area contributed by atoms with Gasteiger partial charge in [0.15, 0.2) is 0 Å². The quantitative estimate of drug-likeness (QED) is 0.825. The molecule has 136 valence electrons. The van der Waals surface area contributed by atoms with E-state index in [9.17, 15) is 9.59 Å². The molecular weight excluding hydrogens is 316 g/mol. The summed E-state index contributed by atoms with van der Waals surface area (Å²) in [4.78, 5) is 28.5. The third-order valence-electron chi connectivity index (χ3n) is 6.11. The Morgan fingerprint density at radius 1 is 1.04 bits per heavy atom. The van der Waals surface area contributed by atoms with Crippen molar-refractivity contribution in [3.05, 3.63) is 23.7 Å². The lowest BCUT2D eigenvalue weighted by atomic mass is 10.2. The minimum atomic E-state index is 0.171. The third kappa shape index (κ3) is 3.60. The molecule has 1 aliphatic heterocycles. The van der Waals surface area contributed by atoms with Crippen LogP contribution >= 0.6 is 0 Å². The number of aryl methyl sites for hydroxylation is 1. The van der Waals surface area contributed by atoms with Crippen LogP contribution in [0.1, 0.15) is 50.5 Å². The van der Waals surface area contributed by atoms with Crippen LogP contribution in [0.25, 0.3) is 0 Å². The maximum absolute atomic E-state index is 12.4. The van der Waals surface area contributed by atoms with Crippen molar-refractivity contribution in [2.45, 2.75) is 45.4 Å². The van der Waals surface area contributed by atoms with Crippen molar-refractivity contribution in [3.8, 4) is 0 Å².